The van der Waals surface area contributed by atoms with E-state index in [1.165, 1.54) is 37.8 Å². The van der Waals surface area contributed by atoms with E-state index in [-0.39, 0.29) is 0 Å². The quantitative estimate of drug-likeness (QED) is 0.899. The van der Waals surface area contributed by atoms with E-state index in [0.717, 1.165) is 43.6 Å². The van der Waals surface area contributed by atoms with Gasteiger partial charge in [0.1, 0.15) is 0 Å². The standard InChI is InChI=1S/C17H23NO2/c1-2-14(10-18-7-1)8-13-3-4-15-16(9-13)20-12-17(5-6-17)11-19-15/h3-4,9,14,18H,1-2,5-8,10-12H2. The van der Waals surface area contributed by atoms with Gasteiger partial charge in [-0.3, -0.25) is 0 Å². The lowest BCUT2D eigenvalue weighted by Gasteiger charge is -2.23. The third kappa shape index (κ3) is 2.51. The number of rotatable bonds is 2. The van der Waals surface area contributed by atoms with Gasteiger partial charge in [0.2, 0.25) is 0 Å². The van der Waals surface area contributed by atoms with Crippen LogP contribution >= 0.6 is 0 Å². The van der Waals surface area contributed by atoms with Crippen molar-refractivity contribution in [2.75, 3.05) is 26.3 Å². The molecule has 1 N–H and O–H groups in total. The molecule has 0 amide bonds. The second kappa shape index (κ2) is 4.96. The molecule has 4 rings (SSSR count). The molecule has 1 saturated heterocycles. The molecule has 1 saturated carbocycles. The van der Waals surface area contributed by atoms with E-state index in [1.807, 2.05) is 0 Å². The first kappa shape index (κ1) is 12.5. The van der Waals surface area contributed by atoms with Crippen LogP contribution in [-0.4, -0.2) is 26.3 Å². The Kier molecular flexibility index (Phi) is 3.10. The number of nitrogens with one attached hydrogen (secondary N) is 1. The Balaban J connectivity index is 1.48. The highest BCUT2D eigenvalue weighted by Gasteiger charge is 2.46. The van der Waals surface area contributed by atoms with E-state index in [9.17, 15) is 0 Å². The lowest BCUT2D eigenvalue weighted by molar-refractivity contribution is 0.197. The van der Waals surface area contributed by atoms with Crippen molar-refractivity contribution in [2.45, 2.75) is 32.1 Å². The van der Waals surface area contributed by atoms with Crippen LogP contribution in [0.2, 0.25) is 0 Å². The highest BCUT2D eigenvalue weighted by atomic mass is 16.5. The van der Waals surface area contributed by atoms with Crippen molar-refractivity contribution < 1.29 is 9.47 Å². The van der Waals surface area contributed by atoms with Crippen molar-refractivity contribution in [2.24, 2.45) is 11.3 Å². The van der Waals surface area contributed by atoms with E-state index in [1.54, 1.807) is 0 Å². The van der Waals surface area contributed by atoms with Crippen LogP contribution in [0.25, 0.3) is 0 Å². The molecule has 0 bridgehead atoms. The van der Waals surface area contributed by atoms with Crippen molar-refractivity contribution >= 4 is 0 Å². The van der Waals surface area contributed by atoms with Crippen LogP contribution in [0, 0.1) is 11.3 Å². The first-order chi connectivity index (χ1) is 9.83. The van der Waals surface area contributed by atoms with E-state index in [2.05, 4.69) is 23.5 Å². The number of hydrogen-bond acceptors (Lipinski definition) is 3. The molecule has 2 fully saturated rings. The van der Waals surface area contributed by atoms with Gasteiger partial charge in [0, 0.05) is 5.41 Å². The summed E-state index contributed by atoms with van der Waals surface area (Å²) in [5, 5.41) is 3.49. The van der Waals surface area contributed by atoms with Crippen LogP contribution in [0.1, 0.15) is 31.2 Å². The topological polar surface area (TPSA) is 30.5 Å². The summed E-state index contributed by atoms with van der Waals surface area (Å²) in [5.41, 5.74) is 1.71. The molecule has 1 aliphatic carbocycles. The van der Waals surface area contributed by atoms with Gasteiger partial charge in [-0.15, -0.1) is 0 Å². The summed E-state index contributed by atoms with van der Waals surface area (Å²) in [6.45, 7) is 3.98. The summed E-state index contributed by atoms with van der Waals surface area (Å²) in [6.07, 6.45) is 6.29. The Morgan fingerprint density at radius 3 is 2.75 bits per heavy atom. The Bertz CT molecular complexity index is 490. The van der Waals surface area contributed by atoms with Crippen molar-refractivity contribution in [1.29, 1.82) is 0 Å². The minimum absolute atomic E-state index is 0.326. The lowest BCUT2D eigenvalue weighted by atomic mass is 9.92. The highest BCUT2D eigenvalue weighted by Crippen LogP contribution is 2.49. The van der Waals surface area contributed by atoms with E-state index in [0.29, 0.717) is 5.41 Å². The molecule has 0 aromatic heterocycles. The number of benzene rings is 1. The second-order valence-corrected chi connectivity index (χ2v) is 6.77. The van der Waals surface area contributed by atoms with Gasteiger partial charge in [-0.05, 0) is 68.8 Å². The van der Waals surface area contributed by atoms with Gasteiger partial charge in [0.15, 0.2) is 11.5 Å². The maximum Gasteiger partial charge on any atom is 0.161 e. The zero-order valence-corrected chi connectivity index (χ0v) is 12.0. The van der Waals surface area contributed by atoms with Crippen LogP contribution < -0.4 is 14.8 Å². The summed E-state index contributed by atoms with van der Waals surface area (Å²) >= 11 is 0. The minimum Gasteiger partial charge on any atom is -0.489 e. The molecule has 3 aliphatic rings. The molecule has 3 nitrogen and oxygen atoms in total. The van der Waals surface area contributed by atoms with Gasteiger partial charge in [-0.1, -0.05) is 6.07 Å². The van der Waals surface area contributed by atoms with E-state index in [4.69, 9.17) is 9.47 Å². The zero-order valence-electron chi connectivity index (χ0n) is 12.0. The SMILES string of the molecule is c1cc2c(cc1CC1CCCNC1)OCC1(CC1)CO2. The monoisotopic (exact) mass is 273 g/mol. The van der Waals surface area contributed by atoms with E-state index >= 15 is 0 Å². The molecular formula is C17H23NO2. The average molecular weight is 273 g/mol. The molecule has 1 spiro atoms. The van der Waals surface area contributed by atoms with Crippen LogP contribution in [-0.2, 0) is 6.42 Å². The third-order valence-electron chi connectivity index (χ3n) is 4.96. The molecular weight excluding hydrogens is 250 g/mol. The molecule has 0 radical (unpaired) electrons. The van der Waals surface area contributed by atoms with Crippen molar-refractivity contribution in [1.82, 2.24) is 5.32 Å². The molecule has 1 atom stereocenters. The Morgan fingerprint density at radius 1 is 1.15 bits per heavy atom. The normalized spacial score (nSPS) is 27.1. The van der Waals surface area contributed by atoms with Crippen molar-refractivity contribution in [3.05, 3.63) is 23.8 Å². The van der Waals surface area contributed by atoms with E-state index < -0.39 is 0 Å². The highest BCUT2D eigenvalue weighted by molar-refractivity contribution is 5.44. The first-order valence-electron chi connectivity index (χ1n) is 7.92. The molecule has 1 aromatic rings. The molecule has 108 valence electrons. The summed E-state index contributed by atoms with van der Waals surface area (Å²) in [6, 6.07) is 6.51. The Labute approximate surface area is 120 Å². The van der Waals surface area contributed by atoms with Gasteiger partial charge in [0.05, 0.1) is 13.2 Å². The second-order valence-electron chi connectivity index (χ2n) is 6.77. The lowest BCUT2D eigenvalue weighted by Crippen LogP contribution is -2.30. The Hall–Kier alpha value is -1.22. The number of ether oxygens (including phenoxy) is 2. The zero-order chi connectivity index (χ0) is 13.4. The maximum absolute atomic E-state index is 6.02. The van der Waals surface area contributed by atoms with Gasteiger partial charge >= 0.3 is 0 Å². The fourth-order valence-electron chi connectivity index (χ4n) is 3.31. The number of piperidine rings is 1. The first-order valence-corrected chi connectivity index (χ1v) is 7.92. The van der Waals surface area contributed by atoms with Crippen molar-refractivity contribution in [3.8, 4) is 11.5 Å². The van der Waals surface area contributed by atoms with Crippen LogP contribution in [0.15, 0.2) is 18.2 Å². The summed E-state index contributed by atoms with van der Waals surface area (Å²) in [7, 11) is 0. The fraction of sp³-hybridized carbons (Fsp3) is 0.647. The Morgan fingerprint density at radius 2 is 2.00 bits per heavy atom. The third-order valence-corrected chi connectivity index (χ3v) is 4.96. The molecule has 2 aliphatic heterocycles. The molecule has 20 heavy (non-hydrogen) atoms. The van der Waals surface area contributed by atoms with Gasteiger partial charge < -0.3 is 14.8 Å². The largest absolute Gasteiger partial charge is 0.489 e. The predicted molar refractivity (Wildman–Crippen MR) is 78.4 cm³/mol. The van der Waals surface area contributed by atoms with Gasteiger partial charge in [-0.2, -0.15) is 0 Å². The molecule has 2 heterocycles. The van der Waals surface area contributed by atoms with Crippen LogP contribution in [0.3, 0.4) is 0 Å². The summed E-state index contributed by atoms with van der Waals surface area (Å²) in [4.78, 5) is 0. The number of fused-ring (bicyclic) bond motifs is 1. The van der Waals surface area contributed by atoms with Crippen molar-refractivity contribution in [3.63, 3.8) is 0 Å². The minimum atomic E-state index is 0.326. The fourth-order valence-corrected chi connectivity index (χ4v) is 3.31. The summed E-state index contributed by atoms with van der Waals surface area (Å²) < 4.78 is 11.9. The maximum atomic E-state index is 6.02. The molecule has 1 unspecified atom stereocenters. The van der Waals surface area contributed by atoms with Crippen LogP contribution in [0.5, 0.6) is 11.5 Å². The predicted octanol–water partition coefficient (Wildman–Crippen LogP) is 2.78. The van der Waals surface area contributed by atoms with Gasteiger partial charge in [0.25, 0.3) is 0 Å². The average Bonchev–Trinajstić information content (AvgIpc) is 3.28. The van der Waals surface area contributed by atoms with Crippen LogP contribution in [0.4, 0.5) is 0 Å². The smallest absolute Gasteiger partial charge is 0.161 e. The van der Waals surface area contributed by atoms with Gasteiger partial charge in [-0.25, -0.2) is 0 Å². The summed E-state index contributed by atoms with van der Waals surface area (Å²) in [5.74, 6) is 2.65. The molecule has 3 heteroatoms. The molecule has 1 aromatic carbocycles. The number of hydrogen-bond donors (Lipinski definition) is 1.